The number of benzene rings is 3. The molecule has 1 heterocycles. The maximum absolute atomic E-state index is 7.25. The van der Waals surface area contributed by atoms with E-state index in [-0.39, 0.29) is 20.4 Å². The maximum Gasteiger partial charge on any atom is 0 e. The van der Waals surface area contributed by atoms with Gasteiger partial charge in [-0.15, -0.1) is 0 Å². The second-order valence-corrected chi connectivity index (χ2v) is 8.40. The summed E-state index contributed by atoms with van der Waals surface area (Å²) in [6, 6.07) is 32.3. The zero-order valence-corrected chi connectivity index (χ0v) is 21.1. The monoisotopic (exact) mass is 610 g/mol. The van der Waals surface area contributed by atoms with Gasteiger partial charge in [0.05, 0.1) is 0 Å². The van der Waals surface area contributed by atoms with Crippen molar-refractivity contribution in [3.05, 3.63) is 146 Å². The SMILES string of the molecule is [C-]1=NCC=C1.[CH]1[CH][CH][CH][CH]1.[N-]=O.[Re].c1ccc(P(c2ccccc2)c2ccccc2)cc1. The molecule has 0 spiro atoms. The Balaban J connectivity index is 0.000000323. The molecule has 162 valence electrons. The third-order valence-electron chi connectivity index (χ3n) is 4.08. The van der Waals surface area contributed by atoms with Gasteiger partial charge in [0.15, 0.2) is 0 Å². The van der Waals surface area contributed by atoms with Crippen molar-refractivity contribution in [1.82, 2.24) is 0 Å². The van der Waals surface area contributed by atoms with Crippen molar-refractivity contribution in [2.24, 2.45) is 4.99 Å². The van der Waals surface area contributed by atoms with E-state index in [2.05, 4.69) is 102 Å². The Morgan fingerprint density at radius 1 is 0.625 bits per heavy atom. The first-order chi connectivity index (χ1) is 15.4. The Kier molecular flexibility index (Phi) is 15.9. The second kappa shape index (κ2) is 18.3. The molecule has 0 atom stereocenters. The van der Waals surface area contributed by atoms with Gasteiger partial charge < -0.3 is 15.5 Å². The summed E-state index contributed by atoms with van der Waals surface area (Å²) >= 11 is 0. The van der Waals surface area contributed by atoms with Crippen molar-refractivity contribution in [2.45, 2.75) is 0 Å². The Hall–Kier alpha value is -2.24. The molecule has 0 aromatic heterocycles. The zero-order valence-electron chi connectivity index (χ0n) is 17.5. The molecule has 0 amide bonds. The Bertz CT molecular complexity index is 774. The molecule has 0 N–H and O–H groups in total. The Morgan fingerprint density at radius 2 is 0.969 bits per heavy atom. The molecule has 3 nitrogen and oxygen atoms in total. The van der Waals surface area contributed by atoms with E-state index in [0.717, 1.165) is 6.54 Å². The number of aliphatic imine (C=N–C) groups is 1. The maximum atomic E-state index is 7.25. The van der Waals surface area contributed by atoms with Gasteiger partial charge in [0, 0.05) is 20.4 Å². The first-order valence-corrected chi connectivity index (χ1v) is 11.2. The predicted octanol–water partition coefficient (Wildman–Crippen LogP) is 5.29. The molecule has 3 aromatic rings. The largest absolute Gasteiger partial charge is 0.577 e. The molecule has 1 fully saturated rings. The number of hydrogen-bond acceptors (Lipinski definition) is 2. The van der Waals surface area contributed by atoms with Crippen molar-refractivity contribution in [1.29, 1.82) is 0 Å². The molecule has 3 aromatic carbocycles. The van der Waals surface area contributed by atoms with E-state index in [1.165, 1.54) is 15.9 Å². The predicted molar refractivity (Wildman–Crippen MR) is 135 cm³/mol. The fourth-order valence-corrected chi connectivity index (χ4v) is 5.07. The molecule has 1 aliphatic heterocycles. The quantitative estimate of drug-likeness (QED) is 0.294. The molecule has 0 unspecified atom stereocenters. The molecular formula is C27H24N2OPRe-2. The average Bonchev–Trinajstić information content (AvgIpc) is 3.62. The summed E-state index contributed by atoms with van der Waals surface area (Å²) in [5, 5.41) is 4.19. The summed E-state index contributed by atoms with van der Waals surface area (Å²) in [5.74, 6) is 0. The molecule has 0 bridgehead atoms. The summed E-state index contributed by atoms with van der Waals surface area (Å²) < 4.78 is 0. The summed E-state index contributed by atoms with van der Waals surface area (Å²) in [6.07, 6.45) is 16.4. The van der Waals surface area contributed by atoms with Crippen LogP contribution in [0.3, 0.4) is 0 Å². The minimum atomic E-state index is -0.446. The van der Waals surface area contributed by atoms with E-state index in [1.807, 2.05) is 44.3 Å². The Labute approximate surface area is 207 Å². The van der Waals surface area contributed by atoms with E-state index in [0.29, 0.717) is 0 Å². The van der Waals surface area contributed by atoms with Crippen LogP contribution in [-0.4, -0.2) is 12.8 Å². The molecule has 5 heteroatoms. The van der Waals surface area contributed by atoms with E-state index in [9.17, 15) is 0 Å². The van der Waals surface area contributed by atoms with E-state index in [4.69, 9.17) is 10.5 Å². The van der Waals surface area contributed by atoms with Crippen molar-refractivity contribution >= 4 is 30.0 Å². The number of nitroso groups, excluding NO2 is 1. The van der Waals surface area contributed by atoms with Gasteiger partial charge in [-0.05, 0) is 62.5 Å². The van der Waals surface area contributed by atoms with Crippen LogP contribution >= 0.6 is 7.92 Å². The van der Waals surface area contributed by atoms with Crippen molar-refractivity contribution < 1.29 is 20.4 Å². The standard InChI is InChI=1S/C18H15P.C5H5.C4H4N.NO.Re/c1-4-10-16(11-5-1)19(17-12-6-2-7-13-17)18-14-8-3-9-15-18;2*1-2-4-5-3-1;1-2;/h1-15H;1-5H;1-2H,3H2;;/q;;2*-1;. The summed E-state index contributed by atoms with van der Waals surface area (Å²) in [7, 11) is -0.446. The third-order valence-corrected chi connectivity index (χ3v) is 6.52. The first-order valence-electron chi connectivity index (χ1n) is 9.82. The van der Waals surface area contributed by atoms with Gasteiger partial charge in [-0.1, -0.05) is 91.0 Å². The summed E-state index contributed by atoms with van der Waals surface area (Å²) in [4.78, 5) is 11.0. The van der Waals surface area contributed by atoms with Crippen LogP contribution in [0.1, 0.15) is 0 Å². The second-order valence-electron chi connectivity index (χ2n) is 6.18. The zero-order chi connectivity index (χ0) is 22.0. The van der Waals surface area contributed by atoms with Crippen LogP contribution in [-0.2, 0) is 20.4 Å². The number of allylic oxidation sites excluding steroid dienone is 1. The Morgan fingerprint density at radius 3 is 1.19 bits per heavy atom. The van der Waals surface area contributed by atoms with E-state index >= 15 is 0 Å². The van der Waals surface area contributed by atoms with Crippen LogP contribution in [0.4, 0.5) is 0 Å². The molecule has 2 aliphatic rings. The molecule has 5 rings (SSSR count). The number of rotatable bonds is 3. The third kappa shape index (κ3) is 10.4. The normalized spacial score (nSPS) is 12.9. The van der Waals surface area contributed by atoms with Crippen LogP contribution in [0.2, 0.25) is 0 Å². The first kappa shape index (κ1) is 27.8. The van der Waals surface area contributed by atoms with Gasteiger partial charge in [-0.2, -0.15) is 6.21 Å². The van der Waals surface area contributed by atoms with Gasteiger partial charge in [-0.25, -0.2) is 12.2 Å². The summed E-state index contributed by atoms with van der Waals surface area (Å²) in [6.45, 7) is 0.833. The van der Waals surface area contributed by atoms with Gasteiger partial charge in [0.1, 0.15) is 0 Å². The van der Waals surface area contributed by atoms with E-state index < -0.39 is 7.92 Å². The summed E-state index contributed by atoms with van der Waals surface area (Å²) in [5.41, 5.74) is 5.75. The average molecular weight is 610 g/mol. The van der Waals surface area contributed by atoms with Crippen LogP contribution in [0.15, 0.2) is 108 Å². The molecular weight excluding hydrogens is 585 g/mol. The fourth-order valence-electron chi connectivity index (χ4n) is 2.76. The van der Waals surface area contributed by atoms with Crippen molar-refractivity contribution in [3.8, 4) is 0 Å². The topological polar surface area (TPSA) is 51.7 Å². The van der Waals surface area contributed by atoms with Gasteiger partial charge >= 0.3 is 0 Å². The van der Waals surface area contributed by atoms with Crippen LogP contribution < -0.4 is 15.9 Å². The minimum absolute atomic E-state index is 0. The molecule has 1 saturated carbocycles. The van der Waals surface area contributed by atoms with Crippen LogP contribution in [0, 0.1) is 37.0 Å². The number of nitrogens with zero attached hydrogens (tertiary/aromatic N) is 2. The van der Waals surface area contributed by atoms with Gasteiger partial charge in [0.25, 0.3) is 0 Å². The van der Waals surface area contributed by atoms with Crippen LogP contribution in [0.25, 0.3) is 5.59 Å². The molecule has 6 radical (unpaired) electrons. The molecule has 32 heavy (non-hydrogen) atoms. The smallest absolute Gasteiger partial charge is 0 e. The van der Waals surface area contributed by atoms with E-state index in [1.54, 1.807) is 0 Å². The van der Waals surface area contributed by atoms with Gasteiger partial charge in [-0.3, -0.25) is 0 Å². The number of hydrogen-bond donors (Lipinski definition) is 0. The van der Waals surface area contributed by atoms with Crippen molar-refractivity contribution in [3.63, 3.8) is 0 Å². The molecule has 1 aliphatic carbocycles. The fraction of sp³-hybridized carbons (Fsp3) is 0.0370. The molecule has 0 saturated heterocycles. The van der Waals surface area contributed by atoms with Crippen molar-refractivity contribution in [2.75, 3.05) is 6.54 Å². The van der Waals surface area contributed by atoms with Crippen LogP contribution in [0.5, 0.6) is 0 Å². The van der Waals surface area contributed by atoms with Gasteiger partial charge in [0.2, 0.25) is 0 Å². The minimum Gasteiger partial charge on any atom is -0.577 e.